The minimum absolute atomic E-state index is 0.0128. The Bertz CT molecular complexity index is 936. The van der Waals surface area contributed by atoms with Gasteiger partial charge in [0.2, 0.25) is 11.9 Å². The van der Waals surface area contributed by atoms with Crippen molar-refractivity contribution in [1.82, 2.24) is 14.8 Å². The SMILES string of the molecule is CC(C)C(=O)N1c2ncnn2[C@@H](c2ccc(Cl)cc2)C[C@@H]1c1ccccc1. The van der Waals surface area contributed by atoms with E-state index >= 15 is 0 Å². The van der Waals surface area contributed by atoms with E-state index in [0.29, 0.717) is 11.0 Å². The van der Waals surface area contributed by atoms with Crippen LogP contribution in [-0.4, -0.2) is 20.7 Å². The van der Waals surface area contributed by atoms with Crippen molar-refractivity contribution in [3.63, 3.8) is 0 Å². The monoisotopic (exact) mass is 380 g/mol. The Hall–Kier alpha value is -2.66. The Kier molecular flexibility index (Phi) is 4.70. The molecule has 1 amide bonds. The number of halogens is 1. The fourth-order valence-electron chi connectivity index (χ4n) is 3.65. The van der Waals surface area contributed by atoms with Crippen LogP contribution in [0.3, 0.4) is 0 Å². The molecule has 4 rings (SSSR count). The van der Waals surface area contributed by atoms with Gasteiger partial charge in [-0.05, 0) is 29.7 Å². The van der Waals surface area contributed by atoms with E-state index in [0.717, 1.165) is 17.5 Å². The van der Waals surface area contributed by atoms with Crippen LogP contribution >= 0.6 is 11.6 Å². The molecule has 27 heavy (non-hydrogen) atoms. The first-order chi connectivity index (χ1) is 13.1. The molecule has 1 aliphatic heterocycles. The van der Waals surface area contributed by atoms with E-state index < -0.39 is 0 Å². The predicted octanol–water partition coefficient (Wildman–Crippen LogP) is 4.65. The van der Waals surface area contributed by atoms with E-state index in [1.54, 1.807) is 4.90 Å². The second-order valence-corrected chi connectivity index (χ2v) is 7.53. The summed E-state index contributed by atoms with van der Waals surface area (Å²) in [5, 5.41) is 5.13. The largest absolute Gasteiger partial charge is 0.274 e. The number of hydrogen-bond donors (Lipinski definition) is 0. The van der Waals surface area contributed by atoms with Crippen LogP contribution in [0.2, 0.25) is 5.02 Å². The summed E-state index contributed by atoms with van der Waals surface area (Å²) in [5.41, 5.74) is 2.20. The number of nitrogens with zero attached hydrogens (tertiary/aromatic N) is 4. The molecule has 0 unspecified atom stereocenters. The fourth-order valence-corrected chi connectivity index (χ4v) is 3.77. The maximum absolute atomic E-state index is 13.1. The summed E-state index contributed by atoms with van der Waals surface area (Å²) in [6, 6.07) is 17.8. The molecule has 0 radical (unpaired) electrons. The van der Waals surface area contributed by atoms with Gasteiger partial charge in [-0.2, -0.15) is 10.1 Å². The molecule has 1 aromatic heterocycles. The molecule has 1 aliphatic rings. The van der Waals surface area contributed by atoms with Crippen molar-refractivity contribution in [3.8, 4) is 0 Å². The highest BCUT2D eigenvalue weighted by Crippen LogP contribution is 2.42. The van der Waals surface area contributed by atoms with Crippen LogP contribution in [0.4, 0.5) is 5.95 Å². The molecule has 0 saturated carbocycles. The minimum atomic E-state index is -0.131. The van der Waals surface area contributed by atoms with Gasteiger partial charge in [-0.25, -0.2) is 4.68 Å². The molecule has 0 spiro atoms. The van der Waals surface area contributed by atoms with Crippen LogP contribution < -0.4 is 4.90 Å². The normalized spacial score (nSPS) is 19.2. The first-order valence-corrected chi connectivity index (χ1v) is 9.47. The van der Waals surface area contributed by atoms with Crippen LogP contribution in [0.5, 0.6) is 0 Å². The third kappa shape index (κ3) is 3.23. The second kappa shape index (κ2) is 7.16. The lowest BCUT2D eigenvalue weighted by atomic mass is 9.91. The van der Waals surface area contributed by atoms with Crippen molar-refractivity contribution >= 4 is 23.5 Å². The van der Waals surface area contributed by atoms with Gasteiger partial charge < -0.3 is 0 Å². The van der Waals surface area contributed by atoms with Gasteiger partial charge in [-0.15, -0.1) is 0 Å². The van der Waals surface area contributed by atoms with Crippen molar-refractivity contribution < 1.29 is 4.79 Å². The van der Waals surface area contributed by atoms with E-state index in [9.17, 15) is 4.79 Å². The Labute approximate surface area is 163 Å². The van der Waals surface area contributed by atoms with E-state index in [1.165, 1.54) is 6.33 Å². The summed E-state index contributed by atoms with van der Waals surface area (Å²) >= 11 is 6.07. The summed E-state index contributed by atoms with van der Waals surface area (Å²) in [6.45, 7) is 3.83. The van der Waals surface area contributed by atoms with Gasteiger partial charge in [0.25, 0.3) is 0 Å². The number of carbonyl (C=O) groups is 1. The molecule has 2 aromatic carbocycles. The number of hydrogen-bond acceptors (Lipinski definition) is 3. The molecule has 138 valence electrons. The molecule has 5 nitrogen and oxygen atoms in total. The Balaban J connectivity index is 1.84. The lowest BCUT2D eigenvalue weighted by Crippen LogP contribution is -2.44. The van der Waals surface area contributed by atoms with Crippen LogP contribution in [-0.2, 0) is 4.79 Å². The van der Waals surface area contributed by atoms with Gasteiger partial charge in [0.1, 0.15) is 6.33 Å². The number of rotatable bonds is 3. The highest BCUT2D eigenvalue weighted by Gasteiger charge is 2.39. The van der Waals surface area contributed by atoms with Crippen LogP contribution in [0.1, 0.15) is 43.5 Å². The lowest BCUT2D eigenvalue weighted by Gasteiger charge is -2.39. The van der Waals surface area contributed by atoms with Gasteiger partial charge in [0, 0.05) is 10.9 Å². The Morgan fingerprint density at radius 1 is 1.04 bits per heavy atom. The van der Waals surface area contributed by atoms with Crippen molar-refractivity contribution in [3.05, 3.63) is 77.1 Å². The van der Waals surface area contributed by atoms with Crippen molar-refractivity contribution in [1.29, 1.82) is 0 Å². The maximum Gasteiger partial charge on any atom is 0.232 e. The van der Waals surface area contributed by atoms with Crippen molar-refractivity contribution in [2.45, 2.75) is 32.4 Å². The number of aromatic nitrogens is 3. The number of benzene rings is 2. The zero-order valence-corrected chi connectivity index (χ0v) is 16.0. The molecule has 0 bridgehead atoms. The molecule has 0 fully saturated rings. The Morgan fingerprint density at radius 3 is 2.37 bits per heavy atom. The summed E-state index contributed by atoms with van der Waals surface area (Å²) in [4.78, 5) is 19.3. The minimum Gasteiger partial charge on any atom is -0.274 e. The average Bonchev–Trinajstić information content (AvgIpc) is 3.17. The topological polar surface area (TPSA) is 51.0 Å². The molecule has 0 saturated heterocycles. The maximum atomic E-state index is 13.1. The van der Waals surface area contributed by atoms with E-state index in [2.05, 4.69) is 22.2 Å². The molecule has 2 atom stereocenters. The molecule has 2 heterocycles. The van der Waals surface area contributed by atoms with Gasteiger partial charge in [-0.1, -0.05) is 67.9 Å². The Morgan fingerprint density at radius 2 is 1.70 bits per heavy atom. The number of amides is 1. The van der Waals surface area contributed by atoms with E-state index in [-0.39, 0.29) is 23.9 Å². The van der Waals surface area contributed by atoms with Gasteiger partial charge >= 0.3 is 0 Å². The molecule has 6 heteroatoms. The smallest absolute Gasteiger partial charge is 0.232 e. The summed E-state index contributed by atoms with van der Waals surface area (Å²) < 4.78 is 1.85. The third-order valence-electron chi connectivity index (χ3n) is 4.99. The number of anilines is 1. The molecule has 0 N–H and O–H groups in total. The lowest BCUT2D eigenvalue weighted by molar-refractivity contribution is -0.122. The van der Waals surface area contributed by atoms with Gasteiger partial charge in [-0.3, -0.25) is 9.69 Å². The highest BCUT2D eigenvalue weighted by atomic mass is 35.5. The summed E-state index contributed by atoms with van der Waals surface area (Å²) in [6.07, 6.45) is 2.24. The van der Waals surface area contributed by atoms with E-state index in [4.69, 9.17) is 11.6 Å². The quantitative estimate of drug-likeness (QED) is 0.664. The number of fused-ring (bicyclic) bond motifs is 1. The second-order valence-electron chi connectivity index (χ2n) is 7.10. The van der Waals surface area contributed by atoms with Gasteiger partial charge in [0.15, 0.2) is 0 Å². The predicted molar refractivity (Wildman–Crippen MR) is 106 cm³/mol. The van der Waals surface area contributed by atoms with Crippen molar-refractivity contribution in [2.75, 3.05) is 4.90 Å². The molecular formula is C21H21ClN4O. The average molecular weight is 381 g/mol. The third-order valence-corrected chi connectivity index (χ3v) is 5.25. The van der Waals surface area contributed by atoms with Crippen LogP contribution in [0.25, 0.3) is 0 Å². The molecule has 3 aromatic rings. The first kappa shape index (κ1) is 17.7. The van der Waals surface area contributed by atoms with Crippen molar-refractivity contribution in [2.24, 2.45) is 5.92 Å². The highest BCUT2D eigenvalue weighted by molar-refractivity contribution is 6.30. The number of carbonyl (C=O) groups excluding carboxylic acids is 1. The standard InChI is InChI=1S/C21H21ClN4O/c1-14(2)20(27)25-18(15-6-4-3-5-7-15)12-19(26-21(25)23-13-24-26)16-8-10-17(22)11-9-16/h3-11,13-14,18-19H,12H2,1-2H3/t18-,19-/m1/s1. The molecular weight excluding hydrogens is 360 g/mol. The molecule has 0 aliphatic carbocycles. The fraction of sp³-hybridized carbons (Fsp3) is 0.286. The summed E-state index contributed by atoms with van der Waals surface area (Å²) in [5.74, 6) is 0.509. The zero-order chi connectivity index (χ0) is 19.0. The first-order valence-electron chi connectivity index (χ1n) is 9.09. The van der Waals surface area contributed by atoms with Crippen LogP contribution in [0.15, 0.2) is 60.9 Å². The summed E-state index contributed by atoms with van der Waals surface area (Å²) in [7, 11) is 0. The van der Waals surface area contributed by atoms with Gasteiger partial charge in [0.05, 0.1) is 12.1 Å². The van der Waals surface area contributed by atoms with Crippen LogP contribution in [0, 0.1) is 5.92 Å². The zero-order valence-electron chi connectivity index (χ0n) is 15.3. The van der Waals surface area contributed by atoms with E-state index in [1.807, 2.05) is 61.0 Å².